The molecule has 3 heterocycles. The molecule has 0 bridgehead atoms. The van der Waals surface area contributed by atoms with Gasteiger partial charge in [0.15, 0.2) is 5.16 Å². The fraction of sp³-hybridized carbons (Fsp3) is 0.296. The van der Waals surface area contributed by atoms with E-state index < -0.39 is 0 Å². The van der Waals surface area contributed by atoms with Crippen LogP contribution >= 0.6 is 23.1 Å². The van der Waals surface area contributed by atoms with Crippen LogP contribution in [0.4, 0.5) is 5.69 Å². The molecule has 34 heavy (non-hydrogen) atoms. The molecule has 0 fully saturated rings. The number of anilines is 1. The van der Waals surface area contributed by atoms with E-state index in [1.807, 2.05) is 53.4 Å². The van der Waals surface area contributed by atoms with Crippen LogP contribution in [0.15, 0.2) is 64.5 Å². The molecule has 1 aliphatic heterocycles. The molecule has 0 N–H and O–H groups in total. The number of aryl methyl sites for hydroxylation is 3. The van der Waals surface area contributed by atoms with Gasteiger partial charge in [-0.15, -0.1) is 11.3 Å². The maximum absolute atomic E-state index is 13.8. The summed E-state index contributed by atoms with van der Waals surface area (Å²) in [5.41, 5.74) is 4.18. The van der Waals surface area contributed by atoms with E-state index in [0.29, 0.717) is 5.16 Å². The van der Waals surface area contributed by atoms with Crippen LogP contribution in [0.25, 0.3) is 15.9 Å². The number of para-hydroxylation sites is 2. The van der Waals surface area contributed by atoms with E-state index in [0.717, 1.165) is 60.2 Å². The fourth-order valence-electron chi connectivity index (χ4n) is 5.08. The number of thiophene rings is 1. The largest absolute Gasteiger partial charge is 0.311 e. The van der Waals surface area contributed by atoms with E-state index in [-0.39, 0.29) is 17.2 Å². The Morgan fingerprint density at radius 2 is 1.76 bits per heavy atom. The van der Waals surface area contributed by atoms with Gasteiger partial charge in [-0.3, -0.25) is 14.2 Å². The van der Waals surface area contributed by atoms with E-state index in [1.165, 1.54) is 34.2 Å². The van der Waals surface area contributed by atoms with Gasteiger partial charge in [-0.1, -0.05) is 48.2 Å². The Morgan fingerprint density at radius 3 is 2.65 bits per heavy atom. The number of hydrogen-bond donors (Lipinski definition) is 0. The molecule has 2 aromatic heterocycles. The lowest BCUT2D eigenvalue weighted by molar-refractivity contribution is -0.116. The number of amides is 1. The third kappa shape index (κ3) is 3.77. The predicted octanol–water partition coefficient (Wildman–Crippen LogP) is 5.40. The predicted molar refractivity (Wildman–Crippen MR) is 140 cm³/mol. The van der Waals surface area contributed by atoms with E-state index in [4.69, 9.17) is 4.98 Å². The highest BCUT2D eigenvalue weighted by atomic mass is 32.2. The van der Waals surface area contributed by atoms with E-state index in [9.17, 15) is 9.59 Å². The van der Waals surface area contributed by atoms with Gasteiger partial charge in [0.25, 0.3) is 5.56 Å². The Kier molecular flexibility index (Phi) is 5.75. The Balaban J connectivity index is 1.38. The van der Waals surface area contributed by atoms with Gasteiger partial charge in [0.05, 0.1) is 16.8 Å². The summed E-state index contributed by atoms with van der Waals surface area (Å²) in [5, 5.41) is 1.35. The highest BCUT2D eigenvalue weighted by Crippen LogP contribution is 2.35. The van der Waals surface area contributed by atoms with Crippen molar-refractivity contribution in [2.45, 2.75) is 43.7 Å². The summed E-state index contributed by atoms with van der Waals surface area (Å²) in [4.78, 5) is 36.0. The van der Waals surface area contributed by atoms with Gasteiger partial charge >= 0.3 is 0 Å². The van der Waals surface area contributed by atoms with Crippen LogP contribution in [0.5, 0.6) is 0 Å². The first kappa shape index (κ1) is 21.6. The molecule has 0 unspecified atom stereocenters. The zero-order valence-corrected chi connectivity index (χ0v) is 20.5. The van der Waals surface area contributed by atoms with Crippen molar-refractivity contribution < 1.29 is 4.79 Å². The first-order valence-electron chi connectivity index (χ1n) is 11.8. The Labute approximate surface area is 206 Å². The summed E-state index contributed by atoms with van der Waals surface area (Å²) in [5.74, 6) is 0.293. The minimum absolute atomic E-state index is 0.0196. The third-order valence-corrected chi connectivity index (χ3v) is 8.82. The molecule has 0 atom stereocenters. The molecular weight excluding hydrogens is 462 g/mol. The maximum Gasteiger partial charge on any atom is 0.267 e. The number of aromatic nitrogens is 2. The molecule has 0 radical (unpaired) electrons. The number of carbonyl (C=O) groups is 1. The van der Waals surface area contributed by atoms with Crippen LogP contribution in [-0.4, -0.2) is 27.8 Å². The number of fused-ring (bicyclic) bond motifs is 4. The van der Waals surface area contributed by atoms with Crippen LogP contribution in [0.2, 0.25) is 0 Å². The second-order valence-corrected chi connectivity index (χ2v) is 10.9. The normalized spacial score (nSPS) is 15.2. The van der Waals surface area contributed by atoms with Crippen molar-refractivity contribution in [2.75, 3.05) is 17.2 Å². The Morgan fingerprint density at radius 1 is 0.971 bits per heavy atom. The summed E-state index contributed by atoms with van der Waals surface area (Å²) >= 11 is 3.01. The number of thioether (sulfide) groups is 1. The lowest BCUT2D eigenvalue weighted by atomic mass is 9.97. The van der Waals surface area contributed by atoms with Crippen molar-refractivity contribution in [2.24, 2.45) is 0 Å². The van der Waals surface area contributed by atoms with Gasteiger partial charge in [0, 0.05) is 17.1 Å². The molecule has 172 valence electrons. The van der Waals surface area contributed by atoms with Crippen molar-refractivity contribution in [3.63, 3.8) is 0 Å². The quantitative estimate of drug-likeness (QED) is 0.286. The van der Waals surface area contributed by atoms with Crippen LogP contribution in [-0.2, 0) is 24.1 Å². The van der Waals surface area contributed by atoms with Crippen LogP contribution in [0.3, 0.4) is 0 Å². The molecule has 1 aliphatic carbocycles. The van der Waals surface area contributed by atoms with Crippen LogP contribution in [0.1, 0.15) is 35.3 Å². The molecule has 4 aromatic rings. The third-order valence-electron chi connectivity index (χ3n) is 6.71. The number of carbonyl (C=O) groups excluding carboxylic acids is 1. The van der Waals surface area contributed by atoms with Crippen molar-refractivity contribution >= 4 is 44.9 Å². The molecule has 2 aromatic carbocycles. The molecule has 6 rings (SSSR count). The molecule has 0 saturated carbocycles. The number of benzene rings is 2. The van der Waals surface area contributed by atoms with Crippen molar-refractivity contribution in [1.29, 1.82) is 0 Å². The average molecular weight is 488 g/mol. The number of rotatable bonds is 4. The van der Waals surface area contributed by atoms with Gasteiger partial charge in [0.2, 0.25) is 5.91 Å². The van der Waals surface area contributed by atoms with E-state index >= 15 is 0 Å². The second-order valence-electron chi connectivity index (χ2n) is 8.83. The second kappa shape index (κ2) is 9.04. The standard InChI is InChI=1S/C27H25N3O2S2/c31-23(29-16-8-10-18-9-4-6-14-21(18)29)17-33-27-28-25-24(20-13-5-7-15-22(20)34-25)26(32)30(27)19-11-2-1-3-12-19/h1-4,6,9,11-12,14H,5,7-8,10,13,15-17H2. The molecule has 1 amide bonds. The minimum Gasteiger partial charge on any atom is -0.311 e. The molecule has 5 nitrogen and oxygen atoms in total. The summed E-state index contributed by atoms with van der Waals surface area (Å²) in [6, 6.07) is 17.8. The smallest absolute Gasteiger partial charge is 0.267 e. The fourth-order valence-corrected chi connectivity index (χ4v) is 7.28. The minimum atomic E-state index is -0.0196. The molecule has 0 saturated heterocycles. The van der Waals surface area contributed by atoms with Crippen molar-refractivity contribution in [3.05, 3.63) is 81.0 Å². The highest BCUT2D eigenvalue weighted by Gasteiger charge is 2.25. The first-order valence-corrected chi connectivity index (χ1v) is 13.6. The average Bonchev–Trinajstić information content (AvgIpc) is 3.26. The lowest BCUT2D eigenvalue weighted by Gasteiger charge is -2.29. The van der Waals surface area contributed by atoms with Gasteiger partial charge in [-0.2, -0.15) is 0 Å². The van der Waals surface area contributed by atoms with Gasteiger partial charge in [-0.05, 0) is 67.9 Å². The van der Waals surface area contributed by atoms with Gasteiger partial charge in [0.1, 0.15) is 4.83 Å². The molecule has 2 aliphatic rings. The molecule has 0 spiro atoms. The summed E-state index contributed by atoms with van der Waals surface area (Å²) in [6.45, 7) is 0.728. The van der Waals surface area contributed by atoms with Gasteiger partial charge < -0.3 is 4.90 Å². The van der Waals surface area contributed by atoms with Crippen LogP contribution in [0, 0.1) is 0 Å². The lowest BCUT2D eigenvalue weighted by Crippen LogP contribution is -2.36. The topological polar surface area (TPSA) is 55.2 Å². The van der Waals surface area contributed by atoms with E-state index in [1.54, 1.807) is 15.9 Å². The number of nitrogens with zero attached hydrogens (tertiary/aromatic N) is 3. The summed E-state index contributed by atoms with van der Waals surface area (Å²) in [6.07, 6.45) is 6.22. The first-order chi connectivity index (χ1) is 16.7. The van der Waals surface area contributed by atoms with Crippen molar-refractivity contribution in [3.8, 4) is 5.69 Å². The summed E-state index contributed by atoms with van der Waals surface area (Å²) in [7, 11) is 0. The van der Waals surface area contributed by atoms with Gasteiger partial charge in [-0.25, -0.2) is 4.98 Å². The summed E-state index contributed by atoms with van der Waals surface area (Å²) < 4.78 is 1.70. The maximum atomic E-state index is 13.8. The van der Waals surface area contributed by atoms with Crippen molar-refractivity contribution in [1.82, 2.24) is 9.55 Å². The van der Waals surface area contributed by atoms with E-state index in [2.05, 4.69) is 6.07 Å². The Hall–Kier alpha value is -2.90. The Bertz CT molecular complexity index is 1440. The highest BCUT2D eigenvalue weighted by molar-refractivity contribution is 7.99. The monoisotopic (exact) mass is 487 g/mol. The SMILES string of the molecule is O=C(CSc1nc2sc3c(c2c(=O)n1-c1ccccc1)CCCC3)N1CCCc2ccccc21. The zero-order chi connectivity index (χ0) is 23.1. The molecule has 7 heteroatoms. The number of hydrogen-bond acceptors (Lipinski definition) is 5. The zero-order valence-electron chi connectivity index (χ0n) is 18.8. The van der Waals surface area contributed by atoms with Crippen LogP contribution < -0.4 is 10.5 Å². The molecular formula is C27H25N3O2S2.